The summed E-state index contributed by atoms with van der Waals surface area (Å²) in [7, 11) is 0. The van der Waals surface area contributed by atoms with Gasteiger partial charge < -0.3 is 24.4 Å². The predicted octanol–water partition coefficient (Wildman–Crippen LogP) is 12.1. The summed E-state index contributed by atoms with van der Waals surface area (Å²) in [5, 5.41) is 3.70. The number of ether oxygens (including phenoxy) is 3. The topological polar surface area (TPSA) is 66.5 Å². The summed E-state index contributed by atoms with van der Waals surface area (Å²) in [6, 6.07) is 24.6. The van der Waals surface area contributed by atoms with Crippen LogP contribution >= 0.6 is 0 Å². The molecule has 3 aromatic rings. The molecule has 1 amide bonds. The molecule has 0 unspecified atom stereocenters. The number of likely N-dealkylation sites (tertiary alicyclic amines) is 2. The monoisotopic (exact) mass is 895 g/mol. The molecule has 2 saturated carbocycles. The van der Waals surface area contributed by atoms with Gasteiger partial charge in [-0.25, -0.2) is 0 Å². The van der Waals surface area contributed by atoms with Crippen molar-refractivity contribution in [3.05, 3.63) is 101 Å². The first-order chi connectivity index (χ1) is 31.5. The molecule has 8 rings (SSSR count). The van der Waals surface area contributed by atoms with Crippen LogP contribution < -0.4 is 19.5 Å². The van der Waals surface area contributed by atoms with Gasteiger partial charge in [0.05, 0.1) is 0 Å². The Balaban J connectivity index is 0.000000223. The molecule has 3 aliphatic heterocycles. The number of fused-ring (bicyclic) bond motifs is 1. The fourth-order valence-electron chi connectivity index (χ4n) is 10.9. The third-order valence-electron chi connectivity index (χ3n) is 14.0. The Morgan fingerprint density at radius 2 is 1.31 bits per heavy atom. The highest BCUT2D eigenvalue weighted by Crippen LogP contribution is 2.47. The average Bonchev–Trinajstić information content (AvgIpc) is 4.02. The van der Waals surface area contributed by atoms with Crippen molar-refractivity contribution in [2.45, 2.75) is 142 Å². The van der Waals surface area contributed by atoms with Crippen LogP contribution in [0.5, 0.6) is 17.2 Å². The van der Waals surface area contributed by atoms with Crippen LogP contribution in [0.4, 0.5) is 8.78 Å². The Kier molecular flexibility index (Phi) is 18.0. The number of carbonyl (C=O) groups excluding carboxylic acids is 1. The maximum Gasteiger partial charge on any atom is 0.387 e. The SMILES string of the molecule is C/C(=C\c1ccccc1)CN(C[C@@H]1CCCN1CC1CCCCC1)C(=O)c1cc(OC(F)F)c2c(c1)OC(C)(C)O2.C/C(=C\c1ccccc1)CNC[C@@H]1CCCN1CC1CCCCC1. The summed E-state index contributed by atoms with van der Waals surface area (Å²) in [6.07, 6.45) is 23.1. The Morgan fingerprint density at radius 1 is 0.754 bits per heavy atom. The summed E-state index contributed by atoms with van der Waals surface area (Å²) >= 11 is 0. The number of rotatable bonds is 17. The number of amides is 1. The zero-order chi connectivity index (χ0) is 45.6. The molecule has 8 nitrogen and oxygen atoms in total. The van der Waals surface area contributed by atoms with E-state index in [2.05, 4.69) is 64.5 Å². The van der Waals surface area contributed by atoms with E-state index in [1.54, 1.807) is 19.9 Å². The molecular formula is C55H76F2N4O4. The number of alkyl halides is 2. The van der Waals surface area contributed by atoms with Gasteiger partial charge in [0.2, 0.25) is 11.5 Å². The maximum absolute atomic E-state index is 14.2. The van der Waals surface area contributed by atoms with Crippen molar-refractivity contribution in [3.63, 3.8) is 0 Å². The lowest BCUT2D eigenvalue weighted by Gasteiger charge is -2.34. The van der Waals surface area contributed by atoms with Crippen molar-refractivity contribution in [2.75, 3.05) is 52.4 Å². The molecule has 0 spiro atoms. The molecule has 0 aromatic heterocycles. The second kappa shape index (κ2) is 24.0. The minimum absolute atomic E-state index is 0.0907. The van der Waals surface area contributed by atoms with Gasteiger partial charge in [-0.1, -0.05) is 122 Å². The molecule has 3 heterocycles. The van der Waals surface area contributed by atoms with Gasteiger partial charge in [0.1, 0.15) is 0 Å². The first-order valence-corrected chi connectivity index (χ1v) is 24.9. The minimum Gasteiger partial charge on any atom is -0.449 e. The van der Waals surface area contributed by atoms with Crippen LogP contribution in [0.1, 0.15) is 139 Å². The van der Waals surface area contributed by atoms with Gasteiger partial charge >= 0.3 is 6.61 Å². The molecular weight excluding hydrogens is 819 g/mol. The average molecular weight is 895 g/mol. The number of nitrogens with zero attached hydrogens (tertiary/aromatic N) is 3. The van der Waals surface area contributed by atoms with Gasteiger partial charge in [0, 0.05) is 70.8 Å². The predicted molar refractivity (Wildman–Crippen MR) is 260 cm³/mol. The number of hydrogen-bond acceptors (Lipinski definition) is 7. The lowest BCUT2D eigenvalue weighted by Crippen LogP contribution is -2.45. The van der Waals surface area contributed by atoms with Crippen LogP contribution in [0.2, 0.25) is 0 Å². The van der Waals surface area contributed by atoms with Crippen molar-refractivity contribution in [1.29, 1.82) is 0 Å². The Bertz CT molecular complexity index is 2000. The van der Waals surface area contributed by atoms with Gasteiger partial charge in [-0.15, -0.1) is 0 Å². The fraction of sp³-hybridized carbons (Fsp3) is 0.582. The van der Waals surface area contributed by atoms with Crippen molar-refractivity contribution in [3.8, 4) is 17.2 Å². The third-order valence-corrected chi connectivity index (χ3v) is 14.0. The van der Waals surface area contributed by atoms with Crippen molar-refractivity contribution in [2.24, 2.45) is 11.8 Å². The largest absolute Gasteiger partial charge is 0.449 e. The van der Waals surface area contributed by atoms with E-state index in [0.29, 0.717) is 13.1 Å². The first-order valence-electron chi connectivity index (χ1n) is 24.9. The van der Waals surface area contributed by atoms with Crippen LogP contribution in [0.25, 0.3) is 12.2 Å². The summed E-state index contributed by atoms with van der Waals surface area (Å²) in [5.74, 6) is 0.523. The molecule has 5 aliphatic rings. The molecule has 65 heavy (non-hydrogen) atoms. The Morgan fingerprint density at radius 3 is 1.89 bits per heavy atom. The van der Waals surface area contributed by atoms with E-state index in [9.17, 15) is 13.6 Å². The van der Waals surface area contributed by atoms with E-state index in [4.69, 9.17) is 14.2 Å². The number of benzene rings is 3. The molecule has 4 fully saturated rings. The molecule has 2 atom stereocenters. The Labute approximate surface area is 388 Å². The second-order valence-electron chi connectivity index (χ2n) is 20.0. The number of hydrogen-bond donors (Lipinski definition) is 1. The number of halogens is 2. The highest BCUT2D eigenvalue weighted by molar-refractivity contribution is 5.96. The van der Waals surface area contributed by atoms with Crippen LogP contribution in [0, 0.1) is 11.8 Å². The summed E-state index contributed by atoms with van der Waals surface area (Å²) in [6.45, 7) is 12.5. The minimum atomic E-state index is -3.06. The zero-order valence-electron chi connectivity index (χ0n) is 39.8. The molecule has 354 valence electrons. The van der Waals surface area contributed by atoms with Crippen molar-refractivity contribution in [1.82, 2.24) is 20.0 Å². The summed E-state index contributed by atoms with van der Waals surface area (Å²) in [4.78, 5) is 21.4. The van der Waals surface area contributed by atoms with E-state index >= 15 is 0 Å². The lowest BCUT2D eigenvalue weighted by molar-refractivity contribution is -0.0617. The second-order valence-corrected chi connectivity index (χ2v) is 20.0. The zero-order valence-corrected chi connectivity index (χ0v) is 39.8. The molecule has 0 bridgehead atoms. The Hall–Kier alpha value is -4.25. The van der Waals surface area contributed by atoms with Crippen LogP contribution in [0.15, 0.2) is 83.9 Å². The molecule has 10 heteroatoms. The highest BCUT2D eigenvalue weighted by atomic mass is 19.3. The van der Waals surface area contributed by atoms with Crippen molar-refractivity contribution >= 4 is 18.1 Å². The third kappa shape index (κ3) is 14.9. The smallest absolute Gasteiger partial charge is 0.387 e. The van der Waals surface area contributed by atoms with E-state index in [1.807, 2.05) is 42.2 Å². The quantitative estimate of drug-likeness (QED) is 0.145. The normalized spacial score (nSPS) is 22.0. The van der Waals surface area contributed by atoms with Crippen molar-refractivity contribution < 1.29 is 27.8 Å². The van der Waals surface area contributed by atoms with Crippen LogP contribution in [-0.4, -0.2) is 97.4 Å². The van der Waals surface area contributed by atoms with E-state index in [-0.39, 0.29) is 34.8 Å². The van der Waals surface area contributed by atoms with Crippen LogP contribution in [0.3, 0.4) is 0 Å². The summed E-state index contributed by atoms with van der Waals surface area (Å²) < 4.78 is 43.0. The van der Waals surface area contributed by atoms with Gasteiger partial charge in [0.25, 0.3) is 5.91 Å². The maximum atomic E-state index is 14.2. The molecule has 1 N–H and O–H groups in total. The van der Waals surface area contributed by atoms with E-state index in [1.165, 1.54) is 107 Å². The molecule has 0 radical (unpaired) electrons. The van der Waals surface area contributed by atoms with Gasteiger partial charge in [-0.05, 0) is 113 Å². The first kappa shape index (κ1) is 48.7. The molecule has 3 aromatic carbocycles. The van der Waals surface area contributed by atoms with Crippen LogP contribution in [-0.2, 0) is 0 Å². The lowest BCUT2D eigenvalue weighted by atomic mass is 9.89. The standard InChI is InChI=1S/C33H42F2N2O4.C22H34N2/c1-23(17-24-11-6-4-7-12-24)20-37(22-27-15-10-16-36(27)21-25-13-8-5-9-14-25)31(38)26-18-28(39-32(34)35)30-29(19-26)40-33(2,3)41-30;1-19(15-20-9-4-2-5-10-20)16-23-17-22-13-8-14-24(22)18-21-11-6-3-7-12-21/h4,6-7,11-12,17-19,25,27,32H,5,8-10,13-16,20-22H2,1-3H3;2,4-5,9-10,15,21-23H,3,6-8,11-14,16-18H2,1H3/b23-17+;19-15+/t27-;22-/m00/s1. The number of nitrogens with one attached hydrogen (secondary N) is 1. The van der Waals surface area contributed by atoms with Gasteiger partial charge in [-0.3, -0.25) is 14.6 Å². The molecule has 2 aliphatic carbocycles. The van der Waals surface area contributed by atoms with E-state index in [0.717, 1.165) is 68.0 Å². The number of carbonyl (C=O) groups is 1. The summed E-state index contributed by atoms with van der Waals surface area (Å²) in [5.41, 5.74) is 5.06. The molecule has 2 saturated heterocycles. The fourth-order valence-corrected chi connectivity index (χ4v) is 10.9. The van der Waals surface area contributed by atoms with E-state index < -0.39 is 12.4 Å². The van der Waals surface area contributed by atoms with Gasteiger partial charge in [0.15, 0.2) is 11.5 Å². The highest BCUT2D eigenvalue weighted by Gasteiger charge is 2.37. The van der Waals surface area contributed by atoms with Gasteiger partial charge in [-0.2, -0.15) is 8.78 Å².